The normalized spacial score (nSPS) is 12.1. The van der Waals surface area contributed by atoms with Gasteiger partial charge in [-0.25, -0.2) is 14.8 Å². The van der Waals surface area contributed by atoms with Crippen LogP contribution < -0.4 is 4.74 Å². The molecule has 0 unspecified atom stereocenters. The van der Waals surface area contributed by atoms with Gasteiger partial charge >= 0.3 is 5.97 Å². The third-order valence-corrected chi connectivity index (χ3v) is 8.25. The summed E-state index contributed by atoms with van der Waals surface area (Å²) in [6.07, 6.45) is 1.33. The molecule has 6 nitrogen and oxygen atoms in total. The highest BCUT2D eigenvalue weighted by Gasteiger charge is 2.37. The maximum Gasteiger partial charge on any atom is 0.358 e. The van der Waals surface area contributed by atoms with Crippen LogP contribution >= 0.6 is 0 Å². The predicted molar refractivity (Wildman–Crippen MR) is 81.9 cm³/mol. The van der Waals surface area contributed by atoms with Gasteiger partial charge in [0, 0.05) is 0 Å². The van der Waals surface area contributed by atoms with Crippen molar-refractivity contribution in [3.05, 3.63) is 17.6 Å². The SMILES string of the molecule is COC(=O)c1cnc(OC)c(CO[Si](C)(C)C(C)(C)C)n1. The lowest BCUT2D eigenvalue weighted by atomic mass is 10.2. The monoisotopic (exact) mass is 312 g/mol. The lowest BCUT2D eigenvalue weighted by molar-refractivity contribution is 0.0592. The molecule has 0 fully saturated rings. The zero-order valence-electron chi connectivity index (χ0n) is 13.8. The summed E-state index contributed by atoms with van der Waals surface area (Å²) in [4.78, 5) is 19.8. The Morgan fingerprint density at radius 3 is 2.38 bits per heavy atom. The first kappa shape index (κ1) is 17.6. The summed E-state index contributed by atoms with van der Waals surface area (Å²) in [5.41, 5.74) is 0.650. The lowest BCUT2D eigenvalue weighted by Gasteiger charge is -2.36. The van der Waals surface area contributed by atoms with Crippen molar-refractivity contribution in [1.82, 2.24) is 9.97 Å². The van der Waals surface area contributed by atoms with E-state index in [0.717, 1.165) is 0 Å². The molecule has 118 valence electrons. The Bertz CT molecular complexity index is 512. The Labute approximate surface area is 127 Å². The van der Waals surface area contributed by atoms with Gasteiger partial charge in [0.1, 0.15) is 5.69 Å². The van der Waals surface area contributed by atoms with Crippen LogP contribution in [0.3, 0.4) is 0 Å². The summed E-state index contributed by atoms with van der Waals surface area (Å²) in [5.74, 6) is -0.167. The summed E-state index contributed by atoms with van der Waals surface area (Å²) < 4.78 is 15.9. The van der Waals surface area contributed by atoms with Gasteiger partial charge in [-0.3, -0.25) is 0 Å². The second-order valence-corrected chi connectivity index (χ2v) is 11.1. The molecule has 1 aromatic rings. The molecular weight excluding hydrogens is 288 g/mol. The van der Waals surface area contributed by atoms with Gasteiger partial charge in [-0.2, -0.15) is 0 Å². The number of rotatable bonds is 5. The van der Waals surface area contributed by atoms with Crippen molar-refractivity contribution in [1.29, 1.82) is 0 Å². The zero-order valence-corrected chi connectivity index (χ0v) is 14.8. The summed E-state index contributed by atoms with van der Waals surface area (Å²) in [7, 11) is 0.901. The molecule has 7 heteroatoms. The highest BCUT2D eigenvalue weighted by atomic mass is 28.4. The van der Waals surface area contributed by atoms with Crippen LogP contribution in [-0.2, 0) is 15.8 Å². The maximum absolute atomic E-state index is 11.5. The number of hydrogen-bond acceptors (Lipinski definition) is 6. The van der Waals surface area contributed by atoms with Crippen LogP contribution in [0.5, 0.6) is 5.88 Å². The summed E-state index contributed by atoms with van der Waals surface area (Å²) in [6.45, 7) is 11.0. The number of carbonyl (C=O) groups excluding carboxylic acids is 1. The molecule has 0 aliphatic heterocycles. The van der Waals surface area contributed by atoms with E-state index in [1.54, 1.807) is 0 Å². The topological polar surface area (TPSA) is 70.5 Å². The molecule has 0 saturated heterocycles. The highest BCUT2D eigenvalue weighted by molar-refractivity contribution is 6.74. The Morgan fingerprint density at radius 1 is 1.29 bits per heavy atom. The Morgan fingerprint density at radius 2 is 1.90 bits per heavy atom. The summed E-state index contributed by atoms with van der Waals surface area (Å²) in [6, 6.07) is 0. The Kier molecular flexibility index (Phi) is 5.46. The number of methoxy groups -OCH3 is 2. The van der Waals surface area contributed by atoms with Crippen LogP contribution in [0.25, 0.3) is 0 Å². The molecule has 0 amide bonds. The first-order valence-corrected chi connectivity index (χ1v) is 9.65. The van der Waals surface area contributed by atoms with Crippen LogP contribution in [0.2, 0.25) is 18.1 Å². The standard InChI is InChI=1S/C14H24N2O4Si/c1-14(2,3)21(6,7)20-9-11-12(18-4)15-8-10(16-11)13(17)19-5/h8H,9H2,1-7H3. The van der Waals surface area contributed by atoms with E-state index >= 15 is 0 Å². The minimum absolute atomic E-state index is 0.0909. The molecule has 0 N–H and O–H groups in total. The summed E-state index contributed by atoms with van der Waals surface area (Å²) in [5, 5.41) is 0.0909. The van der Waals surface area contributed by atoms with Crippen molar-refractivity contribution in [3.63, 3.8) is 0 Å². The van der Waals surface area contributed by atoms with E-state index in [9.17, 15) is 4.79 Å². The molecule has 0 aliphatic rings. The van der Waals surface area contributed by atoms with Gasteiger partial charge in [-0.1, -0.05) is 20.8 Å². The van der Waals surface area contributed by atoms with Crippen molar-refractivity contribution < 1.29 is 18.7 Å². The van der Waals surface area contributed by atoms with Gasteiger partial charge in [0.15, 0.2) is 14.0 Å². The highest BCUT2D eigenvalue weighted by Crippen LogP contribution is 2.37. The number of nitrogens with zero attached hydrogens (tertiary/aromatic N) is 2. The number of ether oxygens (including phenoxy) is 2. The van der Waals surface area contributed by atoms with Crippen molar-refractivity contribution >= 4 is 14.3 Å². The smallest absolute Gasteiger partial charge is 0.358 e. The fourth-order valence-corrected chi connectivity index (χ4v) is 2.28. The average molecular weight is 312 g/mol. The third-order valence-electron chi connectivity index (χ3n) is 3.77. The van der Waals surface area contributed by atoms with E-state index in [1.165, 1.54) is 20.4 Å². The van der Waals surface area contributed by atoms with Crippen LogP contribution in [0.15, 0.2) is 6.20 Å². The van der Waals surface area contributed by atoms with E-state index in [0.29, 0.717) is 11.6 Å². The van der Waals surface area contributed by atoms with Gasteiger partial charge < -0.3 is 13.9 Å². The molecule has 0 atom stereocenters. The average Bonchev–Trinajstić information content (AvgIpc) is 2.42. The van der Waals surface area contributed by atoms with Crippen molar-refractivity contribution in [2.45, 2.75) is 45.5 Å². The van der Waals surface area contributed by atoms with Crippen LogP contribution in [0.1, 0.15) is 37.0 Å². The fraction of sp³-hybridized carbons (Fsp3) is 0.643. The van der Waals surface area contributed by atoms with Gasteiger partial charge in [-0.05, 0) is 18.1 Å². The van der Waals surface area contributed by atoms with Crippen LogP contribution in [0, 0.1) is 0 Å². The van der Waals surface area contributed by atoms with Gasteiger partial charge in [0.25, 0.3) is 0 Å². The lowest BCUT2D eigenvalue weighted by Crippen LogP contribution is -2.40. The molecule has 0 aromatic carbocycles. The molecule has 0 bridgehead atoms. The molecule has 1 aromatic heterocycles. The minimum atomic E-state index is -1.92. The predicted octanol–water partition coefficient (Wildman–Crippen LogP) is 2.79. The molecule has 0 saturated carbocycles. The largest absolute Gasteiger partial charge is 0.480 e. The third kappa shape index (κ3) is 4.24. The first-order chi connectivity index (χ1) is 9.62. The Balaban J connectivity index is 2.98. The van der Waals surface area contributed by atoms with E-state index in [2.05, 4.69) is 48.6 Å². The van der Waals surface area contributed by atoms with E-state index in [-0.39, 0.29) is 17.3 Å². The van der Waals surface area contributed by atoms with E-state index in [1.807, 2.05) is 0 Å². The zero-order chi connectivity index (χ0) is 16.3. The number of hydrogen-bond donors (Lipinski definition) is 0. The van der Waals surface area contributed by atoms with Gasteiger partial charge in [0.2, 0.25) is 5.88 Å². The fourth-order valence-electron chi connectivity index (χ4n) is 1.35. The second kappa shape index (κ2) is 6.53. The van der Waals surface area contributed by atoms with Crippen molar-refractivity contribution in [2.24, 2.45) is 0 Å². The molecular formula is C14H24N2O4Si. The summed E-state index contributed by atoms with van der Waals surface area (Å²) >= 11 is 0. The molecule has 1 heterocycles. The molecule has 0 radical (unpaired) electrons. The second-order valence-electron chi connectivity index (χ2n) is 6.25. The van der Waals surface area contributed by atoms with Crippen LogP contribution in [-0.4, -0.2) is 38.5 Å². The van der Waals surface area contributed by atoms with Gasteiger partial charge in [0.05, 0.1) is 27.0 Å². The van der Waals surface area contributed by atoms with E-state index < -0.39 is 14.3 Å². The maximum atomic E-state index is 11.5. The number of esters is 1. The van der Waals surface area contributed by atoms with Gasteiger partial charge in [-0.15, -0.1) is 0 Å². The number of carbonyl (C=O) groups is 1. The number of aromatic nitrogens is 2. The Hall–Kier alpha value is -1.47. The quantitative estimate of drug-likeness (QED) is 0.615. The molecule has 0 aliphatic carbocycles. The molecule has 0 spiro atoms. The van der Waals surface area contributed by atoms with E-state index in [4.69, 9.17) is 9.16 Å². The molecule has 21 heavy (non-hydrogen) atoms. The minimum Gasteiger partial charge on any atom is -0.480 e. The molecule has 1 rings (SSSR count). The van der Waals surface area contributed by atoms with Crippen LogP contribution in [0.4, 0.5) is 0 Å². The van der Waals surface area contributed by atoms with Crippen molar-refractivity contribution in [2.75, 3.05) is 14.2 Å². The van der Waals surface area contributed by atoms with Crippen molar-refractivity contribution in [3.8, 4) is 5.88 Å². The first-order valence-electron chi connectivity index (χ1n) is 6.74.